The number of nitrogens with one attached hydrogen (secondary N) is 1. The highest BCUT2D eigenvalue weighted by Gasteiger charge is 2.33. The molecular formula is C18H14F3N3OS. The molecule has 1 aliphatic rings. The second-order valence-electron chi connectivity index (χ2n) is 5.66. The molecule has 0 bridgehead atoms. The minimum absolute atomic E-state index is 0.351. The van der Waals surface area contributed by atoms with E-state index in [4.69, 9.17) is 5.26 Å². The summed E-state index contributed by atoms with van der Waals surface area (Å²) in [5.74, 6) is 0.692. The predicted molar refractivity (Wildman–Crippen MR) is 93.5 cm³/mol. The number of hydrogen-bond donors (Lipinski definition) is 1. The van der Waals surface area contributed by atoms with Crippen molar-refractivity contribution in [3.05, 3.63) is 65.2 Å². The zero-order valence-corrected chi connectivity index (χ0v) is 14.3. The Hall–Kier alpha value is -2.66. The average Bonchev–Trinajstić information content (AvgIpc) is 3.11. The number of carbonyl (C=O) groups excluding carboxylic acids is 1. The lowest BCUT2D eigenvalue weighted by molar-refractivity contribution is -0.137. The molecule has 0 aromatic heterocycles. The highest BCUT2D eigenvalue weighted by Crippen LogP contribution is 2.39. The number of carbonyl (C=O) groups is 1. The van der Waals surface area contributed by atoms with Crippen molar-refractivity contribution in [3.8, 4) is 6.07 Å². The smallest absolute Gasteiger partial charge is 0.308 e. The molecule has 26 heavy (non-hydrogen) atoms. The second-order valence-corrected chi connectivity index (χ2v) is 6.85. The van der Waals surface area contributed by atoms with E-state index < -0.39 is 11.7 Å². The Morgan fingerprint density at radius 1 is 1.23 bits per heavy atom. The Labute approximate surface area is 152 Å². The first-order valence-corrected chi connectivity index (χ1v) is 8.80. The van der Waals surface area contributed by atoms with Crippen LogP contribution in [0.3, 0.4) is 0 Å². The molecule has 1 unspecified atom stereocenters. The van der Waals surface area contributed by atoms with Crippen LogP contribution in [0.2, 0.25) is 0 Å². The first-order chi connectivity index (χ1) is 12.4. The van der Waals surface area contributed by atoms with Crippen molar-refractivity contribution in [3.63, 3.8) is 0 Å². The minimum Gasteiger partial charge on any atom is -0.308 e. The molecule has 0 aliphatic carbocycles. The third-order valence-electron chi connectivity index (χ3n) is 3.92. The first-order valence-electron chi connectivity index (χ1n) is 7.75. The molecule has 0 radical (unpaired) electrons. The van der Waals surface area contributed by atoms with Crippen molar-refractivity contribution >= 4 is 23.5 Å². The number of rotatable bonds is 2. The fourth-order valence-corrected chi connectivity index (χ4v) is 3.91. The number of nitrogens with zero attached hydrogens (tertiary/aromatic N) is 2. The predicted octanol–water partition coefficient (Wildman–Crippen LogP) is 4.86. The highest BCUT2D eigenvalue weighted by molar-refractivity contribution is 7.99. The van der Waals surface area contributed by atoms with Crippen molar-refractivity contribution < 1.29 is 18.0 Å². The summed E-state index contributed by atoms with van der Waals surface area (Å²) in [5.41, 5.74) is 0.852. The van der Waals surface area contributed by atoms with Gasteiger partial charge >= 0.3 is 12.2 Å². The molecule has 1 N–H and O–H groups in total. The van der Waals surface area contributed by atoms with Gasteiger partial charge in [-0.05, 0) is 35.9 Å². The Balaban J connectivity index is 1.75. The van der Waals surface area contributed by atoms with E-state index in [0.29, 0.717) is 29.1 Å². The number of nitriles is 1. The lowest BCUT2D eigenvalue weighted by atomic mass is 10.1. The van der Waals surface area contributed by atoms with E-state index in [1.165, 1.54) is 23.9 Å². The van der Waals surface area contributed by atoms with Gasteiger partial charge in [0.25, 0.3) is 0 Å². The van der Waals surface area contributed by atoms with Crippen LogP contribution in [0.1, 0.15) is 22.1 Å². The Kier molecular flexibility index (Phi) is 5.09. The topological polar surface area (TPSA) is 56.1 Å². The Bertz CT molecular complexity index is 846. The van der Waals surface area contributed by atoms with Crippen molar-refractivity contribution in [1.29, 1.82) is 5.26 Å². The maximum Gasteiger partial charge on any atom is 0.416 e. The van der Waals surface area contributed by atoms with Gasteiger partial charge in [0.1, 0.15) is 5.37 Å². The monoisotopic (exact) mass is 377 g/mol. The van der Waals surface area contributed by atoms with Crippen LogP contribution in [0.5, 0.6) is 0 Å². The number of urea groups is 1. The molecule has 3 rings (SSSR count). The fraction of sp³-hybridized carbons (Fsp3) is 0.222. The number of hydrogen-bond acceptors (Lipinski definition) is 3. The van der Waals surface area contributed by atoms with E-state index in [1.54, 1.807) is 29.2 Å². The zero-order chi connectivity index (χ0) is 18.7. The highest BCUT2D eigenvalue weighted by atomic mass is 32.2. The number of amides is 2. The standard InChI is InChI=1S/C18H14F3N3OS/c19-18(20,21)14-6-4-13(5-7-14)16-24(8-9-26-16)17(25)23-15-3-1-2-12(10-15)11-22/h1-7,10,16H,8-9H2,(H,23,25). The number of alkyl halides is 3. The van der Waals surface area contributed by atoms with Crippen LogP contribution in [-0.2, 0) is 6.18 Å². The molecule has 2 aromatic rings. The first kappa shape index (κ1) is 18.1. The van der Waals surface area contributed by atoms with E-state index >= 15 is 0 Å². The maximum absolute atomic E-state index is 12.7. The van der Waals surface area contributed by atoms with Gasteiger partial charge in [-0.2, -0.15) is 18.4 Å². The summed E-state index contributed by atoms with van der Waals surface area (Å²) in [6, 6.07) is 13.1. The summed E-state index contributed by atoms with van der Waals surface area (Å²) in [6.07, 6.45) is -4.38. The molecule has 8 heteroatoms. The fourth-order valence-electron chi connectivity index (χ4n) is 2.65. The van der Waals surface area contributed by atoms with Gasteiger partial charge in [0.05, 0.1) is 17.2 Å². The molecule has 1 aliphatic heterocycles. The molecular weight excluding hydrogens is 363 g/mol. The Morgan fingerprint density at radius 3 is 2.62 bits per heavy atom. The largest absolute Gasteiger partial charge is 0.416 e. The summed E-state index contributed by atoms with van der Waals surface area (Å²) < 4.78 is 38.1. The van der Waals surface area contributed by atoms with Crippen LogP contribution in [0.25, 0.3) is 0 Å². The quantitative estimate of drug-likeness (QED) is 0.813. The molecule has 2 amide bonds. The zero-order valence-electron chi connectivity index (χ0n) is 13.5. The van der Waals surface area contributed by atoms with Gasteiger partial charge in [-0.3, -0.25) is 0 Å². The van der Waals surface area contributed by atoms with Crippen LogP contribution in [0.15, 0.2) is 48.5 Å². The van der Waals surface area contributed by atoms with E-state index in [0.717, 1.165) is 12.1 Å². The van der Waals surface area contributed by atoms with Crippen molar-refractivity contribution in [2.45, 2.75) is 11.6 Å². The van der Waals surface area contributed by atoms with Crippen LogP contribution < -0.4 is 5.32 Å². The molecule has 1 atom stereocenters. The molecule has 1 saturated heterocycles. The molecule has 1 fully saturated rings. The molecule has 134 valence electrons. The van der Waals surface area contributed by atoms with Gasteiger partial charge in [-0.1, -0.05) is 18.2 Å². The van der Waals surface area contributed by atoms with E-state index in [2.05, 4.69) is 5.32 Å². The van der Waals surface area contributed by atoms with E-state index in [-0.39, 0.29) is 11.4 Å². The lowest BCUT2D eigenvalue weighted by Gasteiger charge is -2.24. The van der Waals surface area contributed by atoms with Gasteiger partial charge < -0.3 is 10.2 Å². The average molecular weight is 377 g/mol. The number of thioether (sulfide) groups is 1. The maximum atomic E-state index is 12.7. The molecule has 1 heterocycles. The van der Waals surface area contributed by atoms with Crippen LogP contribution in [-0.4, -0.2) is 23.2 Å². The summed E-state index contributed by atoms with van der Waals surface area (Å²) in [5, 5.41) is 11.3. The summed E-state index contributed by atoms with van der Waals surface area (Å²) in [6.45, 7) is 0.486. The third-order valence-corrected chi connectivity index (χ3v) is 5.18. The molecule has 4 nitrogen and oxygen atoms in total. The number of halogens is 3. The summed E-state index contributed by atoms with van der Waals surface area (Å²) in [4.78, 5) is 14.1. The normalized spacial score (nSPS) is 17.0. The third kappa shape index (κ3) is 3.94. The molecule has 0 saturated carbocycles. The molecule has 0 spiro atoms. The summed E-state index contributed by atoms with van der Waals surface area (Å²) >= 11 is 1.49. The van der Waals surface area contributed by atoms with Crippen molar-refractivity contribution in [2.75, 3.05) is 17.6 Å². The minimum atomic E-state index is -4.38. The van der Waals surface area contributed by atoms with Crippen LogP contribution in [0, 0.1) is 11.3 Å². The van der Waals surface area contributed by atoms with Gasteiger partial charge in [-0.25, -0.2) is 4.79 Å². The van der Waals surface area contributed by atoms with Crippen LogP contribution in [0.4, 0.5) is 23.7 Å². The second kappa shape index (κ2) is 7.30. The number of anilines is 1. The summed E-state index contributed by atoms with van der Waals surface area (Å²) in [7, 11) is 0. The van der Waals surface area contributed by atoms with Crippen molar-refractivity contribution in [1.82, 2.24) is 4.90 Å². The van der Waals surface area contributed by atoms with E-state index in [9.17, 15) is 18.0 Å². The van der Waals surface area contributed by atoms with Crippen LogP contribution >= 0.6 is 11.8 Å². The lowest BCUT2D eigenvalue weighted by Crippen LogP contribution is -2.34. The van der Waals surface area contributed by atoms with E-state index in [1.807, 2.05) is 6.07 Å². The Morgan fingerprint density at radius 2 is 1.96 bits per heavy atom. The SMILES string of the molecule is N#Cc1cccc(NC(=O)N2CCSC2c2ccc(C(F)(F)F)cc2)c1. The van der Waals surface area contributed by atoms with Crippen molar-refractivity contribution in [2.24, 2.45) is 0 Å². The number of benzene rings is 2. The van der Waals surface area contributed by atoms with Gasteiger partial charge in [0.2, 0.25) is 0 Å². The molecule has 2 aromatic carbocycles. The van der Waals surface area contributed by atoms with Gasteiger partial charge in [0.15, 0.2) is 0 Å². The van der Waals surface area contributed by atoms with Gasteiger partial charge in [0, 0.05) is 18.0 Å². The van der Waals surface area contributed by atoms with Gasteiger partial charge in [-0.15, -0.1) is 11.8 Å².